The minimum absolute atomic E-state index is 0. The molecular formula is C21H40IN5S. The quantitative estimate of drug-likeness (QED) is 0.221. The second kappa shape index (κ2) is 13.7. The number of aliphatic imine (C=N–C) groups is 1. The number of likely N-dealkylation sites (tertiary alicyclic amines) is 1. The van der Waals surface area contributed by atoms with Gasteiger partial charge in [0.05, 0.1) is 10.7 Å². The summed E-state index contributed by atoms with van der Waals surface area (Å²) in [5.41, 5.74) is 1.16. The van der Waals surface area contributed by atoms with Gasteiger partial charge in [-0.15, -0.1) is 35.3 Å². The van der Waals surface area contributed by atoms with Crippen LogP contribution in [0.3, 0.4) is 0 Å². The molecule has 0 saturated carbocycles. The number of nitrogens with one attached hydrogen (secondary N) is 2. The van der Waals surface area contributed by atoms with E-state index in [-0.39, 0.29) is 24.0 Å². The molecule has 28 heavy (non-hydrogen) atoms. The van der Waals surface area contributed by atoms with E-state index in [9.17, 15) is 0 Å². The Bertz CT molecular complexity index is 560. The summed E-state index contributed by atoms with van der Waals surface area (Å²) in [7, 11) is 0. The second-order valence-electron chi connectivity index (χ2n) is 8.10. The van der Waals surface area contributed by atoms with Crippen LogP contribution in [0.15, 0.2) is 4.99 Å². The van der Waals surface area contributed by atoms with Gasteiger partial charge < -0.3 is 15.5 Å². The van der Waals surface area contributed by atoms with Crippen molar-refractivity contribution in [1.82, 2.24) is 20.5 Å². The van der Waals surface area contributed by atoms with Gasteiger partial charge in [-0.25, -0.2) is 4.98 Å². The first kappa shape index (κ1) is 25.6. The summed E-state index contributed by atoms with van der Waals surface area (Å²) in [5, 5.41) is 8.00. The van der Waals surface area contributed by atoms with Crippen LogP contribution in [0.2, 0.25) is 0 Å². The molecule has 0 aliphatic carbocycles. The van der Waals surface area contributed by atoms with Crippen molar-refractivity contribution >= 4 is 41.3 Å². The first-order chi connectivity index (χ1) is 13.0. The van der Waals surface area contributed by atoms with Crippen molar-refractivity contribution in [2.75, 3.05) is 39.3 Å². The lowest BCUT2D eigenvalue weighted by Crippen LogP contribution is -2.39. The third-order valence-corrected chi connectivity index (χ3v) is 6.28. The summed E-state index contributed by atoms with van der Waals surface area (Å²) in [5.74, 6) is 2.63. The smallest absolute Gasteiger partial charge is 0.191 e. The first-order valence-electron chi connectivity index (χ1n) is 10.6. The molecule has 0 radical (unpaired) electrons. The predicted molar refractivity (Wildman–Crippen MR) is 133 cm³/mol. The van der Waals surface area contributed by atoms with Gasteiger partial charge in [-0.05, 0) is 58.4 Å². The van der Waals surface area contributed by atoms with Crippen molar-refractivity contribution in [1.29, 1.82) is 0 Å². The van der Waals surface area contributed by atoms with E-state index < -0.39 is 0 Å². The van der Waals surface area contributed by atoms with E-state index in [1.54, 1.807) is 11.3 Å². The fraction of sp³-hybridized carbons (Fsp3) is 0.810. The summed E-state index contributed by atoms with van der Waals surface area (Å²) in [6.07, 6.45) is 4.73. The van der Waals surface area contributed by atoms with E-state index >= 15 is 0 Å². The summed E-state index contributed by atoms with van der Waals surface area (Å²) in [4.78, 5) is 13.3. The van der Waals surface area contributed by atoms with Crippen LogP contribution in [0.5, 0.6) is 0 Å². The number of aromatic nitrogens is 1. The Morgan fingerprint density at radius 1 is 1.18 bits per heavy atom. The van der Waals surface area contributed by atoms with E-state index in [0.717, 1.165) is 56.0 Å². The number of hydrogen-bond acceptors (Lipinski definition) is 4. The molecule has 1 aliphatic heterocycles. The number of nitrogens with zero attached hydrogens (tertiary/aromatic N) is 3. The molecule has 0 bridgehead atoms. The zero-order chi connectivity index (χ0) is 19.6. The third-order valence-electron chi connectivity index (χ3n) is 5.15. The molecule has 1 saturated heterocycles. The van der Waals surface area contributed by atoms with Crippen molar-refractivity contribution in [3.8, 4) is 0 Å². The summed E-state index contributed by atoms with van der Waals surface area (Å²) in [6.45, 7) is 17.5. The minimum atomic E-state index is 0. The molecule has 1 aromatic heterocycles. The zero-order valence-corrected chi connectivity index (χ0v) is 21.5. The average Bonchev–Trinajstić information content (AvgIpc) is 2.91. The van der Waals surface area contributed by atoms with Gasteiger partial charge in [0.2, 0.25) is 0 Å². The van der Waals surface area contributed by atoms with Gasteiger partial charge in [-0.3, -0.25) is 4.99 Å². The van der Waals surface area contributed by atoms with Crippen molar-refractivity contribution in [2.24, 2.45) is 16.8 Å². The molecule has 2 heterocycles. The molecule has 2 unspecified atom stereocenters. The fourth-order valence-electron chi connectivity index (χ4n) is 3.89. The van der Waals surface area contributed by atoms with E-state index in [2.05, 4.69) is 55.1 Å². The second-order valence-corrected chi connectivity index (χ2v) is 9.39. The van der Waals surface area contributed by atoms with Crippen LogP contribution >= 0.6 is 35.3 Å². The summed E-state index contributed by atoms with van der Waals surface area (Å²) >= 11 is 1.80. The Balaban J connectivity index is 0.00000392. The van der Waals surface area contributed by atoms with Gasteiger partial charge in [-0.1, -0.05) is 13.8 Å². The Morgan fingerprint density at radius 3 is 2.50 bits per heavy atom. The fourth-order valence-corrected chi connectivity index (χ4v) is 4.82. The minimum Gasteiger partial charge on any atom is -0.357 e. The van der Waals surface area contributed by atoms with Gasteiger partial charge >= 0.3 is 0 Å². The third kappa shape index (κ3) is 9.39. The molecule has 1 aliphatic rings. The van der Waals surface area contributed by atoms with Crippen LogP contribution in [0.25, 0.3) is 0 Å². The highest BCUT2D eigenvalue weighted by molar-refractivity contribution is 14.0. The Labute approximate surface area is 193 Å². The van der Waals surface area contributed by atoms with Gasteiger partial charge in [0, 0.05) is 44.0 Å². The number of thiazole rings is 1. The van der Waals surface area contributed by atoms with Crippen LogP contribution in [0.1, 0.15) is 55.6 Å². The average molecular weight is 522 g/mol. The van der Waals surface area contributed by atoms with Crippen molar-refractivity contribution in [2.45, 2.75) is 60.3 Å². The van der Waals surface area contributed by atoms with E-state index in [1.807, 2.05) is 0 Å². The molecule has 2 rings (SSSR count). The number of halogens is 1. The molecule has 2 N–H and O–H groups in total. The maximum absolute atomic E-state index is 4.74. The van der Waals surface area contributed by atoms with Gasteiger partial charge in [0.1, 0.15) is 0 Å². The largest absolute Gasteiger partial charge is 0.357 e. The zero-order valence-electron chi connectivity index (χ0n) is 18.4. The number of rotatable bonds is 9. The molecule has 5 nitrogen and oxygen atoms in total. The number of piperidine rings is 1. The van der Waals surface area contributed by atoms with Gasteiger partial charge in [0.25, 0.3) is 0 Å². The van der Waals surface area contributed by atoms with Gasteiger partial charge in [-0.2, -0.15) is 0 Å². The van der Waals surface area contributed by atoms with Crippen LogP contribution in [0.4, 0.5) is 0 Å². The van der Waals surface area contributed by atoms with Crippen LogP contribution in [-0.2, 0) is 6.42 Å². The Kier molecular flexibility index (Phi) is 12.6. The Morgan fingerprint density at radius 2 is 1.89 bits per heavy atom. The standard InChI is InChI=1S/C21H39N5S.HI/c1-6-22-21(24-11-9-20-25-18(4)19(5)27-20)23-10-7-8-12-26-14-16(2)13-17(3)15-26;/h16-17H,6-15H2,1-5H3,(H2,22,23,24);1H. The number of unbranched alkanes of at least 4 members (excludes halogenated alkanes) is 1. The predicted octanol–water partition coefficient (Wildman–Crippen LogP) is 4.23. The van der Waals surface area contributed by atoms with Crippen molar-refractivity contribution in [3.05, 3.63) is 15.6 Å². The maximum Gasteiger partial charge on any atom is 0.191 e. The highest BCUT2D eigenvalue weighted by Crippen LogP contribution is 2.21. The number of guanidine groups is 1. The number of hydrogen-bond donors (Lipinski definition) is 2. The first-order valence-corrected chi connectivity index (χ1v) is 11.5. The molecule has 0 amide bonds. The normalized spacial score (nSPS) is 20.7. The van der Waals surface area contributed by atoms with E-state index in [1.165, 1.54) is 42.4 Å². The summed E-state index contributed by atoms with van der Waals surface area (Å²) < 4.78 is 0. The van der Waals surface area contributed by atoms with Crippen LogP contribution in [0, 0.1) is 25.7 Å². The van der Waals surface area contributed by atoms with E-state index in [4.69, 9.17) is 4.99 Å². The lowest BCUT2D eigenvalue weighted by molar-refractivity contribution is 0.139. The monoisotopic (exact) mass is 521 g/mol. The molecule has 0 aromatic carbocycles. The van der Waals surface area contributed by atoms with Crippen molar-refractivity contribution < 1.29 is 0 Å². The molecule has 1 aromatic rings. The van der Waals surface area contributed by atoms with Crippen LogP contribution < -0.4 is 10.6 Å². The van der Waals surface area contributed by atoms with Crippen LogP contribution in [-0.4, -0.2) is 55.1 Å². The lowest BCUT2D eigenvalue weighted by atomic mass is 9.92. The SMILES string of the molecule is CCNC(=NCCCCN1CC(C)CC(C)C1)NCCc1nc(C)c(C)s1.I. The molecule has 2 atom stereocenters. The van der Waals surface area contributed by atoms with E-state index in [0.29, 0.717) is 0 Å². The summed E-state index contributed by atoms with van der Waals surface area (Å²) in [6, 6.07) is 0. The Hall–Kier alpha value is -0.410. The molecule has 162 valence electrons. The molecule has 7 heteroatoms. The highest BCUT2D eigenvalue weighted by Gasteiger charge is 2.20. The van der Waals surface area contributed by atoms with Gasteiger partial charge in [0.15, 0.2) is 5.96 Å². The molecular weight excluding hydrogens is 481 g/mol. The molecule has 0 spiro atoms. The highest BCUT2D eigenvalue weighted by atomic mass is 127. The maximum atomic E-state index is 4.74. The number of aryl methyl sites for hydroxylation is 2. The topological polar surface area (TPSA) is 52.6 Å². The molecule has 1 fully saturated rings. The van der Waals surface area contributed by atoms with Crippen molar-refractivity contribution in [3.63, 3.8) is 0 Å². The lowest BCUT2D eigenvalue weighted by Gasteiger charge is -2.34.